The zero-order chi connectivity index (χ0) is 18.4. The molecular weight excluding hydrogens is 324 g/mol. The molecule has 0 saturated heterocycles. The van der Waals surface area contributed by atoms with Crippen molar-refractivity contribution in [3.63, 3.8) is 0 Å². The number of nitrogens with zero attached hydrogens (tertiary/aromatic N) is 1. The number of benzene rings is 2. The summed E-state index contributed by atoms with van der Waals surface area (Å²) in [5.74, 6) is -1.26. The van der Waals surface area contributed by atoms with Crippen LogP contribution in [0, 0.1) is 10.1 Å². The molecule has 2 aromatic carbocycles. The molecule has 0 aliphatic heterocycles. The van der Waals surface area contributed by atoms with Crippen LogP contribution in [0.2, 0.25) is 0 Å². The summed E-state index contributed by atoms with van der Waals surface area (Å²) in [6, 6.07) is 10.8. The summed E-state index contributed by atoms with van der Waals surface area (Å²) in [4.78, 5) is 34.6. The maximum atomic E-state index is 12.4. The number of nitro groups is 1. The molecule has 0 radical (unpaired) electrons. The first-order valence-corrected chi connectivity index (χ1v) is 7.81. The monoisotopic (exact) mass is 342 g/mol. The third-order valence-electron chi connectivity index (χ3n) is 3.52. The second-order valence-electron chi connectivity index (χ2n) is 5.25. The van der Waals surface area contributed by atoms with E-state index in [-0.39, 0.29) is 23.4 Å². The molecule has 0 heterocycles. The molecule has 130 valence electrons. The molecule has 0 fully saturated rings. The van der Waals surface area contributed by atoms with Crippen LogP contribution in [-0.4, -0.2) is 23.4 Å². The van der Waals surface area contributed by atoms with Gasteiger partial charge in [-0.2, -0.15) is 0 Å². The molecule has 0 unspecified atom stereocenters. The number of non-ortho nitro benzene ring substituents is 1. The first-order chi connectivity index (χ1) is 11.9. The van der Waals surface area contributed by atoms with Crippen molar-refractivity contribution < 1.29 is 19.2 Å². The minimum atomic E-state index is -0.715. The Morgan fingerprint density at radius 1 is 1.08 bits per heavy atom. The number of esters is 1. The second kappa shape index (κ2) is 8.05. The van der Waals surface area contributed by atoms with Gasteiger partial charge in [0.25, 0.3) is 11.6 Å². The molecule has 7 nitrogen and oxygen atoms in total. The summed E-state index contributed by atoms with van der Waals surface area (Å²) >= 11 is 0. The number of ether oxygens (including phenoxy) is 1. The quantitative estimate of drug-likeness (QED) is 0.491. The van der Waals surface area contributed by atoms with E-state index >= 15 is 0 Å². The van der Waals surface area contributed by atoms with Crippen molar-refractivity contribution in [2.75, 3.05) is 11.9 Å². The number of hydrogen-bond acceptors (Lipinski definition) is 5. The zero-order valence-corrected chi connectivity index (χ0v) is 13.9. The van der Waals surface area contributed by atoms with E-state index < -0.39 is 16.8 Å². The molecule has 2 aromatic rings. The number of hydrogen-bond donors (Lipinski definition) is 1. The summed E-state index contributed by atoms with van der Waals surface area (Å²) in [7, 11) is 0. The predicted molar refractivity (Wildman–Crippen MR) is 92.8 cm³/mol. The van der Waals surface area contributed by atoms with Gasteiger partial charge in [0.15, 0.2) is 0 Å². The van der Waals surface area contributed by atoms with Crippen LogP contribution in [0.1, 0.15) is 40.1 Å². The highest BCUT2D eigenvalue weighted by Crippen LogP contribution is 2.20. The van der Waals surface area contributed by atoms with Crippen LogP contribution in [0.3, 0.4) is 0 Å². The molecule has 1 N–H and O–H groups in total. The van der Waals surface area contributed by atoms with E-state index in [1.165, 1.54) is 6.07 Å². The van der Waals surface area contributed by atoms with E-state index in [4.69, 9.17) is 4.74 Å². The van der Waals surface area contributed by atoms with Crippen molar-refractivity contribution in [3.8, 4) is 0 Å². The number of carbonyl (C=O) groups is 2. The standard InChI is InChI=1S/C18H18N2O5/c1-3-12-5-7-15(8-6-12)19-17(21)13-9-14(18(22)25-4-2)11-16(10-13)20(23)24/h5-11H,3-4H2,1-2H3,(H,19,21). The van der Waals surface area contributed by atoms with Crippen molar-refractivity contribution >= 4 is 23.3 Å². The molecule has 25 heavy (non-hydrogen) atoms. The fraction of sp³-hybridized carbons (Fsp3) is 0.222. The number of aryl methyl sites for hydroxylation is 1. The summed E-state index contributed by atoms with van der Waals surface area (Å²) < 4.78 is 4.85. The van der Waals surface area contributed by atoms with Crippen LogP contribution in [0.15, 0.2) is 42.5 Å². The Bertz CT molecular complexity index is 800. The van der Waals surface area contributed by atoms with Gasteiger partial charge in [0, 0.05) is 23.4 Å². The number of nitro benzene ring substituents is 1. The third-order valence-corrected chi connectivity index (χ3v) is 3.52. The van der Waals surface area contributed by atoms with E-state index in [9.17, 15) is 19.7 Å². The lowest BCUT2D eigenvalue weighted by molar-refractivity contribution is -0.384. The highest BCUT2D eigenvalue weighted by Gasteiger charge is 2.18. The fourth-order valence-electron chi connectivity index (χ4n) is 2.21. The number of rotatable bonds is 6. The Morgan fingerprint density at radius 3 is 2.28 bits per heavy atom. The normalized spacial score (nSPS) is 10.2. The van der Waals surface area contributed by atoms with E-state index in [0.717, 1.165) is 24.1 Å². The number of carbonyl (C=O) groups excluding carboxylic acids is 2. The van der Waals surface area contributed by atoms with Gasteiger partial charge in [-0.15, -0.1) is 0 Å². The largest absolute Gasteiger partial charge is 0.462 e. The summed E-state index contributed by atoms with van der Waals surface area (Å²) in [6.45, 7) is 3.78. The van der Waals surface area contributed by atoms with Gasteiger partial charge in [-0.1, -0.05) is 19.1 Å². The highest BCUT2D eigenvalue weighted by atomic mass is 16.6. The lowest BCUT2D eigenvalue weighted by atomic mass is 10.1. The summed E-state index contributed by atoms with van der Waals surface area (Å²) in [6.07, 6.45) is 0.877. The molecule has 7 heteroatoms. The molecule has 1 amide bonds. The maximum absolute atomic E-state index is 12.4. The highest BCUT2D eigenvalue weighted by molar-refractivity contribution is 6.06. The molecule has 0 bridgehead atoms. The molecule has 0 saturated carbocycles. The second-order valence-corrected chi connectivity index (χ2v) is 5.25. The fourth-order valence-corrected chi connectivity index (χ4v) is 2.21. The van der Waals surface area contributed by atoms with Crippen molar-refractivity contribution in [1.82, 2.24) is 0 Å². The Kier molecular flexibility index (Phi) is 5.84. The van der Waals surface area contributed by atoms with Crippen molar-refractivity contribution in [2.24, 2.45) is 0 Å². The Balaban J connectivity index is 2.30. The Morgan fingerprint density at radius 2 is 1.72 bits per heavy atom. The van der Waals surface area contributed by atoms with Crippen molar-refractivity contribution in [1.29, 1.82) is 0 Å². The average Bonchev–Trinajstić information content (AvgIpc) is 2.62. The number of anilines is 1. The summed E-state index contributed by atoms with van der Waals surface area (Å²) in [5, 5.41) is 13.7. The average molecular weight is 342 g/mol. The van der Waals surface area contributed by atoms with E-state index in [2.05, 4.69) is 5.32 Å². The maximum Gasteiger partial charge on any atom is 0.338 e. The zero-order valence-electron chi connectivity index (χ0n) is 13.9. The number of nitrogens with one attached hydrogen (secondary N) is 1. The van der Waals surface area contributed by atoms with Crippen LogP contribution < -0.4 is 5.32 Å². The first-order valence-electron chi connectivity index (χ1n) is 7.81. The van der Waals surface area contributed by atoms with Gasteiger partial charge in [0.1, 0.15) is 0 Å². The molecule has 0 aliphatic carbocycles. The molecule has 0 atom stereocenters. The van der Waals surface area contributed by atoms with E-state index in [0.29, 0.717) is 5.69 Å². The molecule has 2 rings (SSSR count). The SMILES string of the molecule is CCOC(=O)c1cc(C(=O)Nc2ccc(CC)cc2)cc([N+](=O)[O-])c1. The number of amides is 1. The van der Waals surface area contributed by atoms with Crippen LogP contribution in [0.25, 0.3) is 0 Å². The molecule has 0 spiro atoms. The van der Waals surface area contributed by atoms with Crippen molar-refractivity contribution in [2.45, 2.75) is 20.3 Å². The third kappa shape index (κ3) is 4.63. The smallest absolute Gasteiger partial charge is 0.338 e. The Hall–Kier alpha value is -3.22. The van der Waals surface area contributed by atoms with E-state index in [1.54, 1.807) is 19.1 Å². The van der Waals surface area contributed by atoms with Gasteiger partial charge in [-0.3, -0.25) is 14.9 Å². The van der Waals surface area contributed by atoms with E-state index in [1.807, 2.05) is 19.1 Å². The minimum absolute atomic E-state index is 0.0109. The molecular formula is C18H18N2O5. The van der Waals surface area contributed by atoms with Crippen LogP contribution in [0.5, 0.6) is 0 Å². The topological polar surface area (TPSA) is 98.5 Å². The first kappa shape index (κ1) is 18.1. The van der Waals surface area contributed by atoms with Gasteiger partial charge in [-0.05, 0) is 37.1 Å². The van der Waals surface area contributed by atoms with Gasteiger partial charge < -0.3 is 10.1 Å². The van der Waals surface area contributed by atoms with Crippen LogP contribution in [0.4, 0.5) is 11.4 Å². The lowest BCUT2D eigenvalue weighted by Crippen LogP contribution is -2.14. The predicted octanol–water partition coefficient (Wildman–Crippen LogP) is 3.59. The molecule has 0 aliphatic rings. The lowest BCUT2D eigenvalue weighted by Gasteiger charge is -2.08. The Labute approximate surface area is 144 Å². The van der Waals surface area contributed by atoms with Crippen LogP contribution >= 0.6 is 0 Å². The van der Waals surface area contributed by atoms with Crippen molar-refractivity contribution in [3.05, 3.63) is 69.3 Å². The minimum Gasteiger partial charge on any atom is -0.462 e. The van der Waals surface area contributed by atoms with Crippen LogP contribution in [-0.2, 0) is 11.2 Å². The van der Waals surface area contributed by atoms with Gasteiger partial charge in [0.05, 0.1) is 17.1 Å². The molecule has 0 aromatic heterocycles. The van der Waals surface area contributed by atoms with Gasteiger partial charge in [0.2, 0.25) is 0 Å². The summed E-state index contributed by atoms with van der Waals surface area (Å²) in [5.41, 5.74) is 1.31. The van der Waals surface area contributed by atoms with Gasteiger partial charge in [-0.25, -0.2) is 4.79 Å². The van der Waals surface area contributed by atoms with Gasteiger partial charge >= 0.3 is 5.97 Å².